The summed E-state index contributed by atoms with van der Waals surface area (Å²) in [5, 5.41) is 20.8. The van der Waals surface area contributed by atoms with Crippen LogP contribution < -0.4 is 10.2 Å². The second kappa shape index (κ2) is 14.0. The minimum Gasteiger partial charge on any atom is -0.545 e. The van der Waals surface area contributed by atoms with Gasteiger partial charge >= 0.3 is 17.4 Å². The van der Waals surface area contributed by atoms with Crippen molar-refractivity contribution >= 4 is 29.3 Å². The van der Waals surface area contributed by atoms with Crippen molar-refractivity contribution in [2.45, 2.75) is 52.4 Å². The molecule has 0 aromatic heterocycles. The summed E-state index contributed by atoms with van der Waals surface area (Å²) >= 11 is 0. The summed E-state index contributed by atoms with van der Waals surface area (Å²) in [6, 6.07) is 13.8. The second-order valence-electron chi connectivity index (χ2n) is 6.18. The van der Waals surface area contributed by atoms with Crippen molar-refractivity contribution in [1.29, 1.82) is 0 Å². The predicted molar refractivity (Wildman–Crippen MR) is 105 cm³/mol. The summed E-state index contributed by atoms with van der Waals surface area (Å²) in [5.74, 6) is -2.22. The largest absolute Gasteiger partial charge is 2.00 e. The molecule has 27 heavy (non-hydrogen) atoms. The van der Waals surface area contributed by atoms with Gasteiger partial charge in [-0.3, -0.25) is 0 Å². The standard InChI is InChI=1S/2C11H14O2.Al/c2*1-2-3-4-9-5-7-10(8-6-9)11(12)13;/h2*5-8H,2-4H2,1H3,(H,12,13);/q;;+2/p-2. The van der Waals surface area contributed by atoms with Gasteiger partial charge in [-0.05, 0) is 47.9 Å². The summed E-state index contributed by atoms with van der Waals surface area (Å²) < 4.78 is 0. The fraction of sp³-hybridized carbons (Fsp3) is 0.364. The number of unbranched alkanes of at least 4 members (excludes halogenated alkanes) is 2. The Labute approximate surface area is 172 Å². The molecule has 0 saturated heterocycles. The van der Waals surface area contributed by atoms with Crippen molar-refractivity contribution < 1.29 is 19.8 Å². The van der Waals surface area contributed by atoms with Crippen LogP contribution in [0.2, 0.25) is 0 Å². The van der Waals surface area contributed by atoms with Gasteiger partial charge in [0.25, 0.3) is 0 Å². The van der Waals surface area contributed by atoms with Crippen LogP contribution in [0.25, 0.3) is 0 Å². The zero-order valence-corrected chi connectivity index (χ0v) is 17.2. The van der Waals surface area contributed by atoms with Crippen LogP contribution in [0.5, 0.6) is 0 Å². The van der Waals surface area contributed by atoms with Gasteiger partial charge in [0.1, 0.15) is 0 Å². The zero-order chi connectivity index (χ0) is 19.4. The number of benzene rings is 2. The van der Waals surface area contributed by atoms with Crippen LogP contribution in [0.1, 0.15) is 71.4 Å². The van der Waals surface area contributed by atoms with Crippen molar-refractivity contribution in [3.05, 3.63) is 70.8 Å². The Morgan fingerprint density at radius 2 is 0.963 bits per heavy atom. The molecule has 0 heterocycles. The van der Waals surface area contributed by atoms with E-state index in [4.69, 9.17) is 0 Å². The Bertz CT molecular complexity index is 617. The smallest absolute Gasteiger partial charge is 0.545 e. The first-order valence-corrected chi connectivity index (χ1v) is 9.08. The molecule has 2 aromatic rings. The molecule has 0 amide bonds. The Morgan fingerprint density at radius 1 is 0.667 bits per heavy atom. The van der Waals surface area contributed by atoms with Crippen LogP contribution in [-0.2, 0) is 12.8 Å². The summed E-state index contributed by atoms with van der Waals surface area (Å²) in [6.07, 6.45) is 6.63. The Hall–Kier alpha value is -2.09. The van der Waals surface area contributed by atoms with Gasteiger partial charge in [-0.1, -0.05) is 75.2 Å². The monoisotopic (exact) mass is 381 g/mol. The number of carbonyl (C=O) groups excluding carboxylic acids is 2. The van der Waals surface area contributed by atoms with Gasteiger partial charge in [0.2, 0.25) is 0 Å². The summed E-state index contributed by atoms with van der Waals surface area (Å²) in [6.45, 7) is 4.27. The van der Waals surface area contributed by atoms with Crippen LogP contribution in [0, 0.1) is 0 Å². The average Bonchev–Trinajstić information content (AvgIpc) is 2.66. The number of carboxylic acid groups (broad SMARTS) is 2. The van der Waals surface area contributed by atoms with Crippen molar-refractivity contribution in [2.24, 2.45) is 0 Å². The molecule has 0 atom stereocenters. The van der Waals surface area contributed by atoms with Gasteiger partial charge in [0.15, 0.2) is 0 Å². The van der Waals surface area contributed by atoms with Crippen LogP contribution >= 0.6 is 0 Å². The quantitative estimate of drug-likeness (QED) is 0.658. The molecule has 0 unspecified atom stereocenters. The van der Waals surface area contributed by atoms with Gasteiger partial charge in [-0.25, -0.2) is 0 Å². The normalized spacial score (nSPS) is 9.56. The minimum absolute atomic E-state index is 0. The number of carbonyl (C=O) groups is 2. The van der Waals surface area contributed by atoms with Crippen LogP contribution in [-0.4, -0.2) is 29.3 Å². The van der Waals surface area contributed by atoms with Gasteiger partial charge in [0, 0.05) is 0 Å². The number of hydrogen-bond acceptors (Lipinski definition) is 4. The third-order valence-corrected chi connectivity index (χ3v) is 4.02. The van der Waals surface area contributed by atoms with E-state index in [0.717, 1.165) is 38.5 Å². The van der Waals surface area contributed by atoms with E-state index in [2.05, 4.69) is 13.8 Å². The SMILES string of the molecule is CCCCc1ccc(C(=O)[O-])cc1.CCCCc1ccc(C(=O)[O-])cc1.[Al+2]. The second-order valence-corrected chi connectivity index (χ2v) is 6.18. The summed E-state index contributed by atoms with van der Waals surface area (Å²) in [7, 11) is 0. The van der Waals surface area contributed by atoms with Crippen LogP contribution in [0.3, 0.4) is 0 Å². The Morgan fingerprint density at radius 3 is 1.19 bits per heavy atom. The third kappa shape index (κ3) is 9.98. The van der Waals surface area contributed by atoms with Crippen molar-refractivity contribution in [1.82, 2.24) is 0 Å². The number of aromatic carboxylic acids is 2. The topological polar surface area (TPSA) is 80.3 Å². The minimum atomic E-state index is -1.11. The Balaban J connectivity index is 0.000000483. The van der Waals surface area contributed by atoms with E-state index in [1.54, 1.807) is 24.3 Å². The van der Waals surface area contributed by atoms with Gasteiger partial charge < -0.3 is 19.8 Å². The maximum absolute atomic E-state index is 10.4. The molecule has 0 saturated carbocycles. The number of aryl methyl sites for hydroxylation is 2. The fourth-order valence-corrected chi connectivity index (χ4v) is 2.38. The molecule has 141 valence electrons. The van der Waals surface area contributed by atoms with Gasteiger partial charge in [0.05, 0.1) is 11.9 Å². The Kier molecular flexibility index (Phi) is 12.9. The molecule has 1 radical (unpaired) electrons. The predicted octanol–water partition coefficient (Wildman–Crippen LogP) is 2.40. The maximum Gasteiger partial charge on any atom is 2.00 e. The molecule has 0 aliphatic rings. The molecule has 0 bridgehead atoms. The summed E-state index contributed by atoms with van der Waals surface area (Å²) in [4.78, 5) is 20.8. The van der Waals surface area contributed by atoms with Crippen molar-refractivity contribution in [3.8, 4) is 0 Å². The number of hydrogen-bond donors (Lipinski definition) is 0. The number of carboxylic acids is 2. The molecule has 0 fully saturated rings. The van der Waals surface area contributed by atoms with E-state index in [1.165, 1.54) is 11.1 Å². The molecule has 4 nitrogen and oxygen atoms in total. The molecule has 0 aliphatic carbocycles. The van der Waals surface area contributed by atoms with Crippen LogP contribution in [0.15, 0.2) is 48.5 Å². The first-order valence-electron chi connectivity index (χ1n) is 9.08. The van der Waals surface area contributed by atoms with E-state index < -0.39 is 11.9 Å². The molecule has 5 heteroatoms. The fourth-order valence-electron chi connectivity index (χ4n) is 2.38. The van der Waals surface area contributed by atoms with E-state index in [-0.39, 0.29) is 28.5 Å². The van der Waals surface area contributed by atoms with Crippen molar-refractivity contribution in [2.75, 3.05) is 0 Å². The van der Waals surface area contributed by atoms with E-state index in [0.29, 0.717) is 0 Å². The van der Waals surface area contributed by atoms with Gasteiger partial charge in [-0.2, -0.15) is 0 Å². The zero-order valence-electron chi connectivity index (χ0n) is 16.1. The average molecular weight is 381 g/mol. The van der Waals surface area contributed by atoms with E-state index >= 15 is 0 Å². The first-order chi connectivity index (χ1) is 12.5. The molecule has 2 aromatic carbocycles. The third-order valence-electron chi connectivity index (χ3n) is 4.02. The summed E-state index contributed by atoms with van der Waals surface area (Å²) in [5.41, 5.74) is 2.87. The van der Waals surface area contributed by atoms with Crippen molar-refractivity contribution in [3.63, 3.8) is 0 Å². The number of rotatable bonds is 8. The molecular weight excluding hydrogens is 355 g/mol. The molecular formula is C22H26AlO4. The van der Waals surface area contributed by atoms with E-state index in [9.17, 15) is 19.8 Å². The first kappa shape index (κ1) is 24.9. The van der Waals surface area contributed by atoms with Gasteiger partial charge in [-0.15, -0.1) is 0 Å². The molecule has 0 spiro atoms. The van der Waals surface area contributed by atoms with Crippen LogP contribution in [0.4, 0.5) is 0 Å². The molecule has 0 N–H and O–H groups in total. The molecule has 0 aliphatic heterocycles. The molecule has 2 rings (SSSR count). The maximum atomic E-state index is 10.4. The van der Waals surface area contributed by atoms with E-state index in [1.807, 2.05) is 24.3 Å².